The standard InChI is InChI=1S/C25H31N3O4S/c1-17-9-7-8-12-27(17)21(29)15-20-16-33-25-26-18(2)22(24(30)32-14-13-31-3)23(28(20)25)19-10-5-4-6-11-19/h4-6,10-11,16-17,23H,7-9,12-15H2,1-3H3/t17-,23-/m0/s1. The third-order valence-corrected chi connectivity index (χ3v) is 7.20. The average molecular weight is 470 g/mol. The van der Waals surface area contributed by atoms with Gasteiger partial charge in [0.15, 0.2) is 5.17 Å². The van der Waals surface area contributed by atoms with E-state index in [2.05, 4.69) is 6.92 Å². The minimum Gasteiger partial charge on any atom is -0.460 e. The molecule has 1 aromatic rings. The van der Waals surface area contributed by atoms with Crippen LogP contribution < -0.4 is 0 Å². The SMILES string of the molecule is COCCOC(=O)C1=C(C)N=C2SC=C(CC(=O)N3CCCC[C@@H]3C)N2[C@H]1c1ccccc1. The molecule has 3 heterocycles. The third-order valence-electron chi connectivity index (χ3n) is 6.31. The molecule has 1 fully saturated rings. The van der Waals surface area contributed by atoms with E-state index in [1.54, 1.807) is 7.11 Å². The molecular formula is C25H31N3O4S. The highest BCUT2D eigenvalue weighted by atomic mass is 32.2. The quantitative estimate of drug-likeness (QED) is 0.439. The monoisotopic (exact) mass is 469 g/mol. The fourth-order valence-corrected chi connectivity index (χ4v) is 5.57. The lowest BCUT2D eigenvalue weighted by Crippen LogP contribution is -2.43. The van der Waals surface area contributed by atoms with Crippen molar-refractivity contribution in [3.05, 3.63) is 58.3 Å². The number of benzene rings is 1. The Hall–Kier alpha value is -2.58. The number of aliphatic imine (C=N–C) groups is 1. The second kappa shape index (κ2) is 10.6. The summed E-state index contributed by atoms with van der Waals surface area (Å²) in [6, 6.07) is 9.71. The molecule has 8 heteroatoms. The maximum absolute atomic E-state index is 13.2. The minimum atomic E-state index is -0.409. The normalized spacial score (nSPS) is 22.6. The zero-order valence-corrected chi connectivity index (χ0v) is 20.3. The van der Waals surface area contributed by atoms with Gasteiger partial charge in [-0.2, -0.15) is 0 Å². The van der Waals surface area contributed by atoms with Crippen molar-refractivity contribution in [2.75, 3.05) is 26.9 Å². The van der Waals surface area contributed by atoms with E-state index in [0.29, 0.717) is 17.9 Å². The van der Waals surface area contributed by atoms with E-state index in [-0.39, 0.29) is 25.0 Å². The first-order valence-electron chi connectivity index (χ1n) is 11.5. The fourth-order valence-electron chi connectivity index (χ4n) is 4.60. The van der Waals surface area contributed by atoms with Crippen molar-refractivity contribution in [2.45, 2.75) is 51.6 Å². The number of piperidine rings is 1. The van der Waals surface area contributed by atoms with Crippen molar-refractivity contribution in [2.24, 2.45) is 4.99 Å². The number of likely N-dealkylation sites (tertiary alicyclic amines) is 1. The second-order valence-electron chi connectivity index (χ2n) is 8.54. The maximum atomic E-state index is 13.2. The molecule has 1 aromatic carbocycles. The number of amidine groups is 1. The van der Waals surface area contributed by atoms with Crippen molar-refractivity contribution in [1.82, 2.24) is 9.80 Å². The summed E-state index contributed by atoms with van der Waals surface area (Å²) in [5.74, 6) is -0.286. The number of hydrogen-bond acceptors (Lipinski definition) is 7. The number of carbonyl (C=O) groups excluding carboxylic acids is 2. The Balaban J connectivity index is 1.64. The lowest BCUT2D eigenvalue weighted by atomic mass is 9.94. The molecule has 0 spiro atoms. The van der Waals surface area contributed by atoms with Gasteiger partial charge in [-0.15, -0.1) is 0 Å². The van der Waals surface area contributed by atoms with E-state index in [4.69, 9.17) is 14.5 Å². The number of ether oxygens (including phenoxy) is 2. The number of methoxy groups -OCH3 is 1. The molecule has 7 nitrogen and oxygen atoms in total. The van der Waals surface area contributed by atoms with Crippen molar-refractivity contribution >= 4 is 28.8 Å². The zero-order valence-electron chi connectivity index (χ0n) is 19.5. The average Bonchev–Trinajstić information content (AvgIpc) is 3.20. The molecule has 0 aliphatic carbocycles. The Kier molecular flexibility index (Phi) is 7.55. The first kappa shape index (κ1) is 23.6. The second-order valence-corrected chi connectivity index (χ2v) is 9.38. The summed E-state index contributed by atoms with van der Waals surface area (Å²) in [6.45, 7) is 5.27. The molecule has 0 N–H and O–H groups in total. The summed E-state index contributed by atoms with van der Waals surface area (Å²) in [5, 5.41) is 2.78. The van der Waals surface area contributed by atoms with Gasteiger partial charge in [-0.3, -0.25) is 4.79 Å². The molecule has 33 heavy (non-hydrogen) atoms. The van der Waals surface area contributed by atoms with Crippen LogP contribution in [0.2, 0.25) is 0 Å². The van der Waals surface area contributed by atoms with Crippen LogP contribution in [0.15, 0.2) is 57.7 Å². The Labute approximate surface area is 199 Å². The van der Waals surface area contributed by atoms with Crippen LogP contribution in [0.5, 0.6) is 0 Å². The highest BCUT2D eigenvalue weighted by Crippen LogP contribution is 2.45. The summed E-state index contributed by atoms with van der Waals surface area (Å²) >= 11 is 1.50. The van der Waals surface area contributed by atoms with Crippen LogP contribution in [0.1, 0.15) is 51.1 Å². The summed E-state index contributed by atoms with van der Waals surface area (Å²) in [7, 11) is 1.57. The minimum absolute atomic E-state index is 0.123. The van der Waals surface area contributed by atoms with Gasteiger partial charge >= 0.3 is 5.97 Å². The number of carbonyl (C=O) groups is 2. The molecule has 1 amide bonds. The predicted molar refractivity (Wildman–Crippen MR) is 129 cm³/mol. The van der Waals surface area contributed by atoms with Gasteiger partial charge in [0.2, 0.25) is 5.91 Å². The van der Waals surface area contributed by atoms with Crippen LogP contribution in [0.4, 0.5) is 0 Å². The van der Waals surface area contributed by atoms with E-state index in [9.17, 15) is 9.59 Å². The number of nitrogens with zero attached hydrogens (tertiary/aromatic N) is 3. The van der Waals surface area contributed by atoms with E-state index in [0.717, 1.165) is 35.8 Å². The van der Waals surface area contributed by atoms with Gasteiger partial charge in [-0.05, 0) is 44.1 Å². The molecule has 2 atom stereocenters. The molecule has 0 saturated carbocycles. The lowest BCUT2D eigenvalue weighted by Gasteiger charge is -2.38. The van der Waals surface area contributed by atoms with E-state index in [1.807, 2.05) is 52.5 Å². The van der Waals surface area contributed by atoms with E-state index < -0.39 is 12.0 Å². The molecule has 1 saturated heterocycles. The van der Waals surface area contributed by atoms with Crippen LogP contribution in [-0.2, 0) is 19.1 Å². The van der Waals surface area contributed by atoms with Crippen LogP contribution in [0.3, 0.4) is 0 Å². The molecule has 176 valence electrons. The van der Waals surface area contributed by atoms with Crippen LogP contribution in [-0.4, -0.2) is 59.8 Å². The molecule has 0 radical (unpaired) electrons. The van der Waals surface area contributed by atoms with Gasteiger partial charge in [-0.25, -0.2) is 9.79 Å². The van der Waals surface area contributed by atoms with Gasteiger partial charge in [0.05, 0.1) is 30.3 Å². The summed E-state index contributed by atoms with van der Waals surface area (Å²) in [6.07, 6.45) is 3.54. The molecular weight excluding hydrogens is 438 g/mol. The predicted octanol–water partition coefficient (Wildman–Crippen LogP) is 4.24. The number of thioether (sulfide) groups is 1. The molecule has 3 aliphatic heterocycles. The Morgan fingerprint density at radius 2 is 1.97 bits per heavy atom. The fraction of sp³-hybridized carbons (Fsp3) is 0.480. The van der Waals surface area contributed by atoms with Crippen LogP contribution >= 0.6 is 11.8 Å². The summed E-state index contributed by atoms with van der Waals surface area (Å²) in [4.78, 5) is 35.1. The number of allylic oxidation sites excluding steroid dienone is 1. The summed E-state index contributed by atoms with van der Waals surface area (Å²) < 4.78 is 10.5. The highest BCUT2D eigenvalue weighted by Gasteiger charge is 2.41. The first-order chi connectivity index (χ1) is 16.0. The molecule has 4 rings (SSSR count). The van der Waals surface area contributed by atoms with Crippen LogP contribution in [0.25, 0.3) is 0 Å². The van der Waals surface area contributed by atoms with Crippen molar-refractivity contribution in [3.63, 3.8) is 0 Å². The van der Waals surface area contributed by atoms with E-state index >= 15 is 0 Å². The van der Waals surface area contributed by atoms with Crippen LogP contribution in [0, 0.1) is 0 Å². The Bertz CT molecular complexity index is 989. The van der Waals surface area contributed by atoms with Crippen molar-refractivity contribution in [3.8, 4) is 0 Å². The number of rotatable bonds is 7. The number of amides is 1. The number of fused-ring (bicyclic) bond motifs is 1. The zero-order chi connectivity index (χ0) is 23.4. The lowest BCUT2D eigenvalue weighted by molar-refractivity contribution is -0.141. The molecule has 0 aromatic heterocycles. The highest BCUT2D eigenvalue weighted by molar-refractivity contribution is 8.16. The maximum Gasteiger partial charge on any atom is 0.338 e. The molecule has 0 unspecified atom stereocenters. The Morgan fingerprint density at radius 3 is 2.70 bits per heavy atom. The first-order valence-corrected chi connectivity index (χ1v) is 12.3. The van der Waals surface area contributed by atoms with Gasteiger partial charge in [0, 0.05) is 25.4 Å². The van der Waals surface area contributed by atoms with Gasteiger partial charge in [0.25, 0.3) is 0 Å². The van der Waals surface area contributed by atoms with Crippen molar-refractivity contribution < 1.29 is 19.1 Å². The Morgan fingerprint density at radius 1 is 1.18 bits per heavy atom. The molecule has 0 bridgehead atoms. The van der Waals surface area contributed by atoms with Gasteiger partial charge in [0.1, 0.15) is 6.61 Å². The van der Waals surface area contributed by atoms with E-state index in [1.165, 1.54) is 18.2 Å². The van der Waals surface area contributed by atoms with Gasteiger partial charge in [-0.1, -0.05) is 42.1 Å². The molecule has 3 aliphatic rings. The largest absolute Gasteiger partial charge is 0.460 e. The van der Waals surface area contributed by atoms with Crippen molar-refractivity contribution in [1.29, 1.82) is 0 Å². The smallest absolute Gasteiger partial charge is 0.338 e. The number of hydrogen-bond donors (Lipinski definition) is 0. The van der Waals surface area contributed by atoms with Gasteiger partial charge < -0.3 is 19.3 Å². The topological polar surface area (TPSA) is 71.4 Å². The number of esters is 1. The summed E-state index contributed by atoms with van der Waals surface area (Å²) in [5.41, 5.74) is 2.95. The third kappa shape index (κ3) is 5.01.